The third-order valence-electron chi connectivity index (χ3n) is 3.35. The van der Waals surface area contributed by atoms with Crippen LogP contribution in [0.25, 0.3) is 0 Å². The summed E-state index contributed by atoms with van der Waals surface area (Å²) in [6.07, 6.45) is 1.86. The lowest BCUT2D eigenvalue weighted by Crippen LogP contribution is -2.47. The van der Waals surface area contributed by atoms with Gasteiger partial charge in [0.15, 0.2) is 0 Å². The Bertz CT molecular complexity index is 241. The molecule has 1 aliphatic rings. The Morgan fingerprint density at radius 2 is 2.19 bits per heavy atom. The van der Waals surface area contributed by atoms with Crippen molar-refractivity contribution in [2.75, 3.05) is 32.1 Å². The molecule has 1 amide bonds. The van der Waals surface area contributed by atoms with Crippen LogP contribution in [-0.2, 0) is 4.79 Å². The second-order valence-electron chi connectivity index (χ2n) is 5.36. The number of carbonyl (C=O) groups is 1. The molecule has 0 aromatic carbocycles. The molecule has 0 spiro atoms. The lowest BCUT2D eigenvalue weighted by molar-refractivity contribution is -0.128. The number of thioether (sulfide) groups is 1. The number of hydrogen-bond donors (Lipinski definition) is 1. The quantitative estimate of drug-likeness (QED) is 0.815. The fourth-order valence-corrected chi connectivity index (χ4v) is 3.49. The van der Waals surface area contributed by atoms with Crippen molar-refractivity contribution in [2.24, 2.45) is 5.41 Å². The van der Waals surface area contributed by atoms with Gasteiger partial charge in [-0.3, -0.25) is 4.79 Å². The Morgan fingerprint density at radius 1 is 1.50 bits per heavy atom. The predicted molar refractivity (Wildman–Crippen MR) is 70.8 cm³/mol. The highest BCUT2D eigenvalue weighted by Gasteiger charge is 2.31. The molecule has 1 unspecified atom stereocenters. The van der Waals surface area contributed by atoms with Crippen LogP contribution in [-0.4, -0.2) is 49.0 Å². The average molecular weight is 244 g/mol. The van der Waals surface area contributed by atoms with Crippen molar-refractivity contribution in [3.8, 4) is 0 Å². The van der Waals surface area contributed by atoms with Crippen LogP contribution in [0.1, 0.15) is 26.7 Å². The van der Waals surface area contributed by atoms with Crippen molar-refractivity contribution < 1.29 is 4.79 Å². The van der Waals surface area contributed by atoms with Crippen LogP contribution < -0.4 is 5.32 Å². The Morgan fingerprint density at radius 3 is 2.75 bits per heavy atom. The van der Waals surface area contributed by atoms with Crippen molar-refractivity contribution in [3.63, 3.8) is 0 Å². The van der Waals surface area contributed by atoms with Crippen LogP contribution in [0.5, 0.6) is 0 Å². The molecule has 16 heavy (non-hydrogen) atoms. The number of nitrogens with zero attached hydrogens (tertiary/aromatic N) is 1. The Kier molecular flexibility index (Phi) is 5.12. The van der Waals surface area contributed by atoms with Gasteiger partial charge in [-0.2, -0.15) is 11.8 Å². The minimum absolute atomic E-state index is 0.203. The Hall–Kier alpha value is -0.220. The molecule has 0 bridgehead atoms. The van der Waals surface area contributed by atoms with Crippen LogP contribution in [0.3, 0.4) is 0 Å². The van der Waals surface area contributed by atoms with E-state index in [4.69, 9.17) is 0 Å². The van der Waals surface area contributed by atoms with Crippen LogP contribution in [0.4, 0.5) is 0 Å². The first kappa shape index (κ1) is 13.8. The SMILES string of the molecule is CN(C)C(=O)CCNC1CSCCC1(C)C. The van der Waals surface area contributed by atoms with E-state index < -0.39 is 0 Å². The van der Waals surface area contributed by atoms with E-state index in [-0.39, 0.29) is 5.91 Å². The zero-order valence-electron chi connectivity index (χ0n) is 10.9. The van der Waals surface area contributed by atoms with Crippen LogP contribution in [0.2, 0.25) is 0 Å². The van der Waals surface area contributed by atoms with E-state index >= 15 is 0 Å². The summed E-state index contributed by atoms with van der Waals surface area (Å²) in [5, 5.41) is 3.53. The number of nitrogens with one attached hydrogen (secondary N) is 1. The fraction of sp³-hybridized carbons (Fsp3) is 0.917. The average Bonchev–Trinajstić information content (AvgIpc) is 2.19. The lowest BCUT2D eigenvalue weighted by Gasteiger charge is -2.38. The largest absolute Gasteiger partial charge is 0.349 e. The highest BCUT2D eigenvalue weighted by molar-refractivity contribution is 7.99. The maximum absolute atomic E-state index is 11.4. The van der Waals surface area contributed by atoms with Gasteiger partial charge in [0.05, 0.1) is 0 Å². The molecule has 1 atom stereocenters. The maximum Gasteiger partial charge on any atom is 0.223 e. The van der Waals surface area contributed by atoms with E-state index in [9.17, 15) is 4.79 Å². The minimum atomic E-state index is 0.203. The van der Waals surface area contributed by atoms with E-state index in [2.05, 4.69) is 19.2 Å². The summed E-state index contributed by atoms with van der Waals surface area (Å²) in [5.41, 5.74) is 0.367. The van der Waals surface area contributed by atoms with Gasteiger partial charge in [-0.1, -0.05) is 13.8 Å². The summed E-state index contributed by atoms with van der Waals surface area (Å²) < 4.78 is 0. The molecule has 1 rings (SSSR count). The second-order valence-corrected chi connectivity index (χ2v) is 6.51. The first-order valence-electron chi connectivity index (χ1n) is 5.95. The molecular weight excluding hydrogens is 220 g/mol. The second kappa shape index (κ2) is 5.92. The summed E-state index contributed by atoms with van der Waals surface area (Å²) in [4.78, 5) is 13.1. The van der Waals surface area contributed by atoms with Crippen molar-refractivity contribution in [2.45, 2.75) is 32.7 Å². The van der Waals surface area contributed by atoms with Crippen molar-refractivity contribution in [1.82, 2.24) is 10.2 Å². The highest BCUT2D eigenvalue weighted by Crippen LogP contribution is 2.33. The Labute approximate surface area is 103 Å². The summed E-state index contributed by atoms with van der Waals surface area (Å²) >= 11 is 2.01. The number of rotatable bonds is 4. The molecule has 4 heteroatoms. The first-order chi connectivity index (χ1) is 7.43. The zero-order chi connectivity index (χ0) is 12.2. The van der Waals surface area contributed by atoms with Gasteiger partial charge in [-0.25, -0.2) is 0 Å². The van der Waals surface area contributed by atoms with Gasteiger partial charge in [-0.15, -0.1) is 0 Å². The minimum Gasteiger partial charge on any atom is -0.349 e. The van der Waals surface area contributed by atoms with Crippen LogP contribution in [0.15, 0.2) is 0 Å². The third kappa shape index (κ3) is 3.98. The van der Waals surface area contributed by atoms with Gasteiger partial charge in [0.2, 0.25) is 5.91 Å². The molecule has 3 nitrogen and oxygen atoms in total. The van der Waals surface area contributed by atoms with Crippen molar-refractivity contribution in [1.29, 1.82) is 0 Å². The molecule has 0 saturated carbocycles. The van der Waals surface area contributed by atoms with Crippen molar-refractivity contribution >= 4 is 17.7 Å². The van der Waals surface area contributed by atoms with E-state index in [0.717, 1.165) is 6.54 Å². The van der Waals surface area contributed by atoms with E-state index in [1.165, 1.54) is 17.9 Å². The number of amides is 1. The van der Waals surface area contributed by atoms with Gasteiger partial charge < -0.3 is 10.2 Å². The van der Waals surface area contributed by atoms with Gasteiger partial charge in [-0.05, 0) is 17.6 Å². The molecule has 0 aliphatic carbocycles. The summed E-state index contributed by atoms with van der Waals surface area (Å²) in [6.45, 7) is 5.43. The molecule has 94 valence electrons. The van der Waals surface area contributed by atoms with E-state index in [0.29, 0.717) is 17.9 Å². The monoisotopic (exact) mass is 244 g/mol. The van der Waals surface area contributed by atoms with Gasteiger partial charge in [0.1, 0.15) is 0 Å². The number of carbonyl (C=O) groups excluding carboxylic acids is 1. The molecule has 1 fully saturated rings. The molecule has 1 N–H and O–H groups in total. The smallest absolute Gasteiger partial charge is 0.223 e. The molecule has 1 heterocycles. The van der Waals surface area contributed by atoms with Gasteiger partial charge in [0.25, 0.3) is 0 Å². The third-order valence-corrected chi connectivity index (χ3v) is 4.41. The predicted octanol–water partition coefficient (Wildman–Crippen LogP) is 1.59. The van der Waals surface area contributed by atoms with Crippen molar-refractivity contribution in [3.05, 3.63) is 0 Å². The molecule has 1 aliphatic heterocycles. The van der Waals surface area contributed by atoms with Gasteiger partial charge >= 0.3 is 0 Å². The van der Waals surface area contributed by atoms with E-state index in [1.807, 2.05) is 25.9 Å². The number of hydrogen-bond acceptors (Lipinski definition) is 3. The molecule has 0 radical (unpaired) electrons. The molecular formula is C12H24N2OS. The Balaban J connectivity index is 2.29. The summed E-state index contributed by atoms with van der Waals surface area (Å²) in [6, 6.07) is 0.543. The fourth-order valence-electron chi connectivity index (χ4n) is 1.85. The first-order valence-corrected chi connectivity index (χ1v) is 7.10. The van der Waals surface area contributed by atoms with Crippen LogP contribution >= 0.6 is 11.8 Å². The zero-order valence-corrected chi connectivity index (χ0v) is 11.7. The maximum atomic E-state index is 11.4. The molecule has 0 aromatic heterocycles. The normalized spacial score (nSPS) is 24.1. The summed E-state index contributed by atoms with van der Waals surface area (Å²) in [7, 11) is 3.62. The van der Waals surface area contributed by atoms with Gasteiger partial charge in [0, 0.05) is 38.9 Å². The molecule has 0 aromatic rings. The summed E-state index contributed by atoms with van der Waals surface area (Å²) in [5.74, 6) is 2.64. The topological polar surface area (TPSA) is 32.3 Å². The van der Waals surface area contributed by atoms with E-state index in [1.54, 1.807) is 4.90 Å². The molecule has 1 saturated heterocycles. The lowest BCUT2D eigenvalue weighted by atomic mass is 9.82. The highest BCUT2D eigenvalue weighted by atomic mass is 32.2. The standard InChI is InChI=1S/C12H24N2OS/c1-12(2)6-8-16-9-10(12)13-7-5-11(15)14(3)4/h10,13H,5-9H2,1-4H3. The van der Waals surface area contributed by atoms with Crippen LogP contribution in [0, 0.1) is 5.41 Å².